The Labute approximate surface area is 184 Å². The van der Waals surface area contributed by atoms with Gasteiger partial charge in [0.25, 0.3) is 0 Å². The van der Waals surface area contributed by atoms with Gasteiger partial charge in [-0.25, -0.2) is 0 Å². The average Bonchev–Trinajstić information content (AvgIpc) is 2.60. The van der Waals surface area contributed by atoms with E-state index in [0.717, 1.165) is 48.8 Å². The van der Waals surface area contributed by atoms with Crippen LogP contribution in [0.2, 0.25) is 0 Å². The summed E-state index contributed by atoms with van der Waals surface area (Å²) in [5, 5.41) is 10.4. The van der Waals surface area contributed by atoms with Crippen LogP contribution in [0.4, 0.5) is 0 Å². The molecule has 166 valence electrons. The number of esters is 1. The number of hydrogen-bond donors (Lipinski definition) is 2. The van der Waals surface area contributed by atoms with Crippen LogP contribution in [0, 0.1) is 0 Å². The van der Waals surface area contributed by atoms with Crippen LogP contribution in [0.1, 0.15) is 104 Å². The van der Waals surface area contributed by atoms with Crippen LogP contribution in [0.25, 0.3) is 0 Å². The van der Waals surface area contributed by atoms with Gasteiger partial charge in [0.15, 0.2) is 0 Å². The van der Waals surface area contributed by atoms with Crippen molar-refractivity contribution in [1.82, 2.24) is 0 Å². The van der Waals surface area contributed by atoms with Gasteiger partial charge in [-0.2, -0.15) is 12.6 Å². The highest BCUT2D eigenvalue weighted by atomic mass is 32.1. The van der Waals surface area contributed by atoms with Gasteiger partial charge < -0.3 is 9.84 Å². The quantitative estimate of drug-likeness (QED) is 0.263. The third-order valence-electron chi connectivity index (χ3n) is 5.35. The monoisotopic (exact) mass is 422 g/mol. The van der Waals surface area contributed by atoms with Crippen molar-refractivity contribution in [2.45, 2.75) is 116 Å². The summed E-state index contributed by atoms with van der Waals surface area (Å²) in [7, 11) is 0. The highest BCUT2D eigenvalue weighted by Gasteiger charge is 2.28. The molecule has 1 aromatic rings. The normalized spacial score (nSPS) is 14.5. The van der Waals surface area contributed by atoms with E-state index >= 15 is 0 Å². The molecule has 1 aromatic carbocycles. The van der Waals surface area contributed by atoms with Gasteiger partial charge >= 0.3 is 5.97 Å². The number of benzene rings is 1. The zero-order valence-corrected chi connectivity index (χ0v) is 20.7. The van der Waals surface area contributed by atoms with Gasteiger partial charge in [0.2, 0.25) is 0 Å². The second-order valence-corrected chi connectivity index (χ2v) is 10.8. The summed E-state index contributed by atoms with van der Waals surface area (Å²) in [5.74, 6) is 0.105. The van der Waals surface area contributed by atoms with E-state index in [9.17, 15) is 9.90 Å². The highest BCUT2D eigenvalue weighted by molar-refractivity contribution is 7.81. The van der Waals surface area contributed by atoms with Crippen molar-refractivity contribution >= 4 is 18.6 Å². The second kappa shape index (κ2) is 10.7. The number of phenolic OH excluding ortho intramolecular Hbond substituents is 1. The topological polar surface area (TPSA) is 46.5 Å². The Morgan fingerprint density at radius 3 is 1.97 bits per heavy atom. The maximum Gasteiger partial charge on any atom is 0.319 e. The van der Waals surface area contributed by atoms with Gasteiger partial charge in [-0.15, -0.1) is 0 Å². The predicted octanol–water partition coefficient (Wildman–Crippen LogP) is 6.73. The summed E-state index contributed by atoms with van der Waals surface area (Å²) < 4.78 is 5.73. The van der Waals surface area contributed by atoms with Crippen LogP contribution in [-0.2, 0) is 26.8 Å². The van der Waals surface area contributed by atoms with Gasteiger partial charge in [-0.1, -0.05) is 80.4 Å². The fraction of sp³-hybridized carbons (Fsp3) is 0.720. The van der Waals surface area contributed by atoms with Crippen LogP contribution >= 0.6 is 12.6 Å². The Morgan fingerprint density at radius 2 is 1.55 bits per heavy atom. The van der Waals surface area contributed by atoms with Crippen LogP contribution in [0.15, 0.2) is 12.1 Å². The molecule has 0 saturated carbocycles. The Hall–Kier alpha value is -1.16. The van der Waals surface area contributed by atoms with Gasteiger partial charge in [0, 0.05) is 0 Å². The number of aromatic hydroxyl groups is 1. The van der Waals surface area contributed by atoms with Gasteiger partial charge in [0.1, 0.15) is 17.1 Å². The van der Waals surface area contributed by atoms with Crippen molar-refractivity contribution < 1.29 is 14.6 Å². The zero-order chi connectivity index (χ0) is 22.4. The molecule has 0 spiro atoms. The third-order valence-corrected chi connectivity index (χ3v) is 5.75. The lowest BCUT2D eigenvalue weighted by atomic mass is 9.78. The van der Waals surface area contributed by atoms with E-state index in [1.807, 2.05) is 12.1 Å². The lowest BCUT2D eigenvalue weighted by Crippen LogP contribution is -2.26. The maximum atomic E-state index is 12.6. The number of phenols is 1. The molecule has 0 aromatic heterocycles. The van der Waals surface area contributed by atoms with Gasteiger partial charge in [0.05, 0.1) is 0 Å². The summed E-state index contributed by atoms with van der Waals surface area (Å²) in [5.41, 5.74) is 2.42. The Balaban J connectivity index is 3.02. The molecule has 1 rings (SSSR count). The average molecular weight is 423 g/mol. The molecule has 0 fully saturated rings. The molecule has 0 radical (unpaired) electrons. The van der Waals surface area contributed by atoms with Crippen LogP contribution in [0.5, 0.6) is 5.75 Å². The Morgan fingerprint density at radius 1 is 1.03 bits per heavy atom. The van der Waals surface area contributed by atoms with Crippen LogP contribution in [-0.4, -0.2) is 22.4 Å². The summed E-state index contributed by atoms with van der Waals surface area (Å²) in [6.45, 7) is 16.8. The molecule has 0 bridgehead atoms. The number of carbonyl (C=O) groups excluding carboxylic acids is 1. The molecule has 0 aliphatic rings. The Kier molecular flexibility index (Phi) is 9.59. The molecule has 1 N–H and O–H groups in total. The SMILES string of the molecule is CCCCCC(CC)OC(=O)C(S)Cc1cc(C(C)(C)C)c(O)c(C(C)(C)C)c1. The van der Waals surface area contributed by atoms with E-state index in [-0.39, 0.29) is 22.9 Å². The van der Waals surface area contributed by atoms with E-state index in [4.69, 9.17) is 4.74 Å². The first kappa shape index (κ1) is 25.9. The Bertz CT molecular complexity index is 633. The highest BCUT2D eigenvalue weighted by Crippen LogP contribution is 2.40. The standard InChI is InChI=1S/C25H42O3S/c1-9-11-12-13-18(10-2)28-23(27)21(29)16-17-14-19(24(3,4)5)22(26)20(15-17)25(6,7)8/h14-15,18,21,26,29H,9-13,16H2,1-8H3. The summed E-state index contributed by atoms with van der Waals surface area (Å²) >= 11 is 4.56. The molecule has 2 unspecified atom stereocenters. The number of hydrogen-bond acceptors (Lipinski definition) is 4. The van der Waals surface area contributed by atoms with Crippen molar-refractivity contribution in [3.8, 4) is 5.75 Å². The molecule has 4 heteroatoms. The zero-order valence-electron chi connectivity index (χ0n) is 19.8. The lowest BCUT2D eigenvalue weighted by molar-refractivity contribution is -0.148. The van der Waals surface area contributed by atoms with Crippen molar-refractivity contribution in [3.63, 3.8) is 0 Å². The first-order valence-corrected chi connectivity index (χ1v) is 11.6. The van der Waals surface area contributed by atoms with Gasteiger partial charge in [-0.05, 0) is 53.2 Å². The summed E-state index contributed by atoms with van der Waals surface area (Å²) in [6.07, 6.45) is 5.61. The van der Waals surface area contributed by atoms with E-state index in [1.54, 1.807) is 0 Å². The largest absolute Gasteiger partial charge is 0.507 e. The smallest absolute Gasteiger partial charge is 0.319 e. The number of ether oxygens (including phenoxy) is 1. The minimum Gasteiger partial charge on any atom is -0.507 e. The predicted molar refractivity (Wildman–Crippen MR) is 126 cm³/mol. The minimum absolute atomic E-state index is 0.0289. The van der Waals surface area contributed by atoms with E-state index in [0.29, 0.717) is 12.2 Å². The number of carbonyl (C=O) groups is 1. The molecule has 29 heavy (non-hydrogen) atoms. The van der Waals surface area contributed by atoms with Crippen molar-refractivity contribution in [2.24, 2.45) is 0 Å². The maximum absolute atomic E-state index is 12.6. The molecule has 0 aliphatic carbocycles. The molecule has 0 aliphatic heterocycles. The van der Waals surface area contributed by atoms with E-state index in [1.165, 1.54) is 0 Å². The van der Waals surface area contributed by atoms with E-state index in [2.05, 4.69) is 68.0 Å². The van der Waals surface area contributed by atoms with E-state index < -0.39 is 5.25 Å². The van der Waals surface area contributed by atoms with Crippen molar-refractivity contribution in [1.29, 1.82) is 0 Å². The molecule has 0 saturated heterocycles. The number of rotatable bonds is 9. The molecular weight excluding hydrogens is 380 g/mol. The molecular formula is C25H42O3S. The first-order valence-electron chi connectivity index (χ1n) is 11.1. The molecule has 0 amide bonds. The summed E-state index contributed by atoms with van der Waals surface area (Å²) in [4.78, 5) is 12.6. The summed E-state index contributed by atoms with van der Waals surface area (Å²) in [6, 6.07) is 4.03. The fourth-order valence-corrected chi connectivity index (χ4v) is 3.75. The van der Waals surface area contributed by atoms with Crippen LogP contribution < -0.4 is 0 Å². The molecule has 0 heterocycles. The second-order valence-electron chi connectivity index (χ2n) is 10.2. The van der Waals surface area contributed by atoms with Crippen LogP contribution in [0.3, 0.4) is 0 Å². The first-order chi connectivity index (χ1) is 13.3. The third kappa shape index (κ3) is 7.88. The van der Waals surface area contributed by atoms with Crippen molar-refractivity contribution in [2.75, 3.05) is 0 Å². The minimum atomic E-state index is -0.514. The number of thiol groups is 1. The fourth-order valence-electron chi connectivity index (χ4n) is 3.47. The van der Waals surface area contributed by atoms with Crippen molar-refractivity contribution in [3.05, 3.63) is 28.8 Å². The van der Waals surface area contributed by atoms with Gasteiger partial charge in [-0.3, -0.25) is 4.79 Å². The molecule has 2 atom stereocenters. The lowest BCUT2D eigenvalue weighted by Gasteiger charge is -2.28. The molecule has 3 nitrogen and oxygen atoms in total. The number of unbranched alkanes of at least 4 members (excludes halogenated alkanes) is 2.